The smallest absolute Gasteiger partial charge is 0.0592 e. The van der Waals surface area contributed by atoms with Gasteiger partial charge in [0.1, 0.15) is 0 Å². The first kappa shape index (κ1) is 57.3. The predicted octanol–water partition coefficient (Wildman–Crippen LogP) is 11.2. The van der Waals surface area contributed by atoms with Crippen LogP contribution < -0.4 is 5.73 Å². The van der Waals surface area contributed by atoms with Crippen LogP contribution in [0.3, 0.4) is 0 Å². The Morgan fingerprint density at radius 2 is 1.23 bits per heavy atom. The minimum atomic E-state index is 0. The molecule has 0 saturated heterocycles. The second-order valence-electron chi connectivity index (χ2n) is 8.71. The quantitative estimate of drug-likeness (QED) is 0.0972. The Bertz CT molecular complexity index is 676. The summed E-state index contributed by atoms with van der Waals surface area (Å²) in [7, 11) is 0. The summed E-state index contributed by atoms with van der Waals surface area (Å²) in [4.78, 5) is 11.4. The molecule has 238 valence electrons. The average molecular weight is 563 g/mol. The maximum Gasteiger partial charge on any atom is 0.0592 e. The summed E-state index contributed by atoms with van der Waals surface area (Å²) in [5.41, 5.74) is 8.89. The molecule has 2 atom stereocenters. The molecule has 0 aromatic carbocycles. The number of allylic oxidation sites excluding steroid dienone is 3. The van der Waals surface area contributed by atoms with Crippen molar-refractivity contribution in [1.29, 1.82) is 0 Å². The molecule has 0 amide bonds. The topological polar surface area (TPSA) is 63.1 Å². The lowest BCUT2D eigenvalue weighted by Crippen LogP contribution is -2.14. The molecular weight excluding hydrogens is 488 g/mol. The maximum atomic E-state index is 5.00. The van der Waals surface area contributed by atoms with Gasteiger partial charge in [-0.25, -0.2) is 0 Å². The molecule has 0 rings (SSSR count). The van der Waals surface area contributed by atoms with Crippen molar-refractivity contribution in [3.8, 4) is 12.0 Å². The van der Waals surface area contributed by atoms with E-state index in [1.165, 1.54) is 11.1 Å². The normalized spacial score (nSPS) is 11.4. The van der Waals surface area contributed by atoms with E-state index >= 15 is 0 Å². The highest BCUT2D eigenvalue weighted by Gasteiger charge is 2.15. The van der Waals surface area contributed by atoms with Crippen molar-refractivity contribution in [1.82, 2.24) is 0 Å². The van der Waals surface area contributed by atoms with Crippen LogP contribution in [-0.2, 0) is 0 Å². The van der Waals surface area contributed by atoms with Gasteiger partial charge >= 0.3 is 0 Å². The van der Waals surface area contributed by atoms with Crippen molar-refractivity contribution in [3.63, 3.8) is 0 Å². The minimum absolute atomic E-state index is 0. The van der Waals surface area contributed by atoms with Gasteiger partial charge < -0.3 is 10.7 Å². The first-order valence-corrected chi connectivity index (χ1v) is 13.3. The van der Waals surface area contributed by atoms with E-state index in [9.17, 15) is 0 Å². The fraction of sp³-hybridized carbons (Fsp3) is 0.639. The lowest BCUT2D eigenvalue weighted by Gasteiger charge is -2.20. The van der Waals surface area contributed by atoms with Crippen molar-refractivity contribution in [2.24, 2.45) is 32.0 Å². The van der Waals surface area contributed by atoms with Crippen molar-refractivity contribution < 1.29 is 0 Å². The van der Waals surface area contributed by atoms with Crippen LogP contribution in [0.5, 0.6) is 0 Å². The molecule has 0 bridgehead atoms. The Kier molecular flexibility index (Phi) is 62.1. The molecule has 0 aliphatic rings. The number of hydrogen-bond donors (Lipinski definition) is 1. The Labute approximate surface area is 255 Å². The van der Waals surface area contributed by atoms with Crippen molar-refractivity contribution >= 4 is 20.2 Å². The highest BCUT2D eigenvalue weighted by atomic mass is 14.7. The number of nitrogens with zero attached hydrogens (tertiary/aromatic N) is 3. The first-order valence-electron chi connectivity index (χ1n) is 13.3. The van der Waals surface area contributed by atoms with Gasteiger partial charge in [0.05, 0.1) is 13.1 Å². The van der Waals surface area contributed by atoms with Crippen LogP contribution in [0.25, 0.3) is 0 Å². The molecule has 0 aromatic heterocycles. The van der Waals surface area contributed by atoms with Crippen LogP contribution in [-0.4, -0.2) is 39.8 Å². The zero-order valence-corrected chi connectivity index (χ0v) is 25.1. The Hall–Kier alpha value is -2.67. The van der Waals surface area contributed by atoms with Crippen LogP contribution >= 0.6 is 0 Å². The second kappa shape index (κ2) is 43.4. The number of hydrogen-bond acceptors (Lipinski definition) is 4. The summed E-state index contributed by atoms with van der Waals surface area (Å²) >= 11 is 0. The van der Waals surface area contributed by atoms with Gasteiger partial charge in [-0.15, -0.1) is 6.58 Å². The summed E-state index contributed by atoms with van der Waals surface area (Å²) in [6, 6.07) is 2.33. The van der Waals surface area contributed by atoms with Gasteiger partial charge in [-0.1, -0.05) is 121 Å². The Morgan fingerprint density at radius 1 is 0.825 bits per heavy atom. The highest BCUT2D eigenvalue weighted by Crippen LogP contribution is 2.21. The zero-order chi connectivity index (χ0) is 28.8. The number of nitrogens with two attached hydrogens (primary N) is 1. The van der Waals surface area contributed by atoms with Crippen LogP contribution in [0.15, 0.2) is 63.1 Å². The average Bonchev–Trinajstić information content (AvgIpc) is 2.89. The van der Waals surface area contributed by atoms with Crippen LogP contribution in [0, 0.1) is 23.3 Å². The first-order chi connectivity index (χ1) is 17.1. The Balaban J connectivity index is -0.0000000551. The molecule has 2 N–H and O–H groups in total. The summed E-state index contributed by atoms with van der Waals surface area (Å²) < 4.78 is 0. The summed E-state index contributed by atoms with van der Waals surface area (Å²) in [6.07, 6.45) is 13.0. The van der Waals surface area contributed by atoms with Crippen molar-refractivity contribution in [2.45, 2.75) is 124 Å². The van der Waals surface area contributed by atoms with Crippen LogP contribution in [0.4, 0.5) is 0 Å². The molecule has 4 heteroatoms. The Morgan fingerprint density at radius 3 is 1.40 bits per heavy atom. The maximum absolute atomic E-state index is 5.00. The monoisotopic (exact) mass is 563 g/mol. The van der Waals surface area contributed by atoms with Gasteiger partial charge in [-0.05, 0) is 76.1 Å². The van der Waals surface area contributed by atoms with Gasteiger partial charge in [-0.2, -0.15) is 0 Å². The molecular formula is C36H74N4. The van der Waals surface area contributed by atoms with Crippen molar-refractivity contribution in [2.75, 3.05) is 19.6 Å². The van der Waals surface area contributed by atoms with E-state index in [-0.39, 0.29) is 35.1 Å². The summed E-state index contributed by atoms with van der Waals surface area (Å²) in [5.74, 6) is 3.20. The fourth-order valence-electron chi connectivity index (χ4n) is 2.54. The lowest BCUT2D eigenvalue weighted by molar-refractivity contribution is 0.428. The molecule has 0 fully saturated rings. The van der Waals surface area contributed by atoms with Gasteiger partial charge in [0.2, 0.25) is 0 Å². The molecule has 0 aliphatic carbocycles. The third kappa shape index (κ3) is 39.8. The number of aliphatic imine (C=N–C) groups is 3. The van der Waals surface area contributed by atoms with E-state index < -0.39 is 0 Å². The highest BCUT2D eigenvalue weighted by molar-refractivity contribution is 5.26. The number of rotatable bonds is 14. The van der Waals surface area contributed by atoms with E-state index in [1.807, 2.05) is 6.08 Å². The summed E-state index contributed by atoms with van der Waals surface area (Å²) in [5, 5.41) is 0. The molecule has 0 aromatic rings. The van der Waals surface area contributed by atoms with Crippen LogP contribution in [0.1, 0.15) is 124 Å². The van der Waals surface area contributed by atoms with E-state index in [0.29, 0.717) is 5.92 Å². The van der Waals surface area contributed by atoms with Crippen molar-refractivity contribution in [3.05, 3.63) is 48.1 Å². The van der Waals surface area contributed by atoms with E-state index in [1.54, 1.807) is 0 Å². The molecule has 2 unspecified atom stereocenters. The zero-order valence-electron chi connectivity index (χ0n) is 25.1. The minimum Gasteiger partial charge on any atom is -0.359 e. The molecule has 40 heavy (non-hydrogen) atoms. The standard InChI is InChI=1S/C8H15N.C8H13N.2C8H15N.4CH4/c1-5-8(3,6-2)7-9-4;1-4-7(2)8(3)5-6-9;2*1-4-6-8(5-2)7-9-3;;;;/h5H,1,4,6-7H2,2-3H3;7H,3-4,9H2,1-2H3;2*6H,3-5,7H2,1-2H3;4*1H4/b;;8-6+;8-6-;;;;. The molecule has 0 aliphatic heterocycles. The SMILES string of the molecule is C.C.C.C.C=C(C#CN)C(C)CC.C=CC(C)(CC)CN=C.C=NC/C(=C/CC)CC.C=NC/C(=C\CC)CC. The molecule has 0 spiro atoms. The predicted molar refractivity (Wildman–Crippen MR) is 197 cm³/mol. The van der Waals surface area contributed by atoms with E-state index in [0.717, 1.165) is 63.7 Å². The van der Waals surface area contributed by atoms with Gasteiger partial charge in [-0.3, -0.25) is 9.98 Å². The van der Waals surface area contributed by atoms with E-state index in [2.05, 4.69) is 128 Å². The molecule has 0 radical (unpaired) electrons. The second-order valence-corrected chi connectivity index (χ2v) is 8.71. The molecule has 4 nitrogen and oxygen atoms in total. The third-order valence-electron chi connectivity index (χ3n) is 5.74. The van der Waals surface area contributed by atoms with Gasteiger partial charge in [0.25, 0.3) is 0 Å². The summed E-state index contributed by atoms with van der Waals surface area (Å²) in [6.45, 7) is 37.3. The lowest BCUT2D eigenvalue weighted by atomic mass is 9.88. The molecule has 0 saturated carbocycles. The largest absolute Gasteiger partial charge is 0.359 e. The molecule has 0 heterocycles. The third-order valence-corrected chi connectivity index (χ3v) is 5.74. The van der Waals surface area contributed by atoms with Gasteiger partial charge in [0, 0.05) is 18.0 Å². The van der Waals surface area contributed by atoms with Gasteiger partial charge in [0.15, 0.2) is 0 Å². The van der Waals surface area contributed by atoms with Crippen LogP contribution in [0.2, 0.25) is 0 Å². The fourth-order valence-corrected chi connectivity index (χ4v) is 2.54. The van der Waals surface area contributed by atoms with E-state index in [4.69, 9.17) is 5.73 Å².